The highest BCUT2D eigenvalue weighted by Crippen LogP contribution is 2.34. The van der Waals surface area contributed by atoms with Gasteiger partial charge in [-0.1, -0.05) is 12.1 Å². The van der Waals surface area contributed by atoms with Gasteiger partial charge in [-0.15, -0.1) is 0 Å². The lowest BCUT2D eigenvalue weighted by atomic mass is 9.80. The molecule has 0 saturated heterocycles. The number of benzene rings is 1. The normalized spacial score (nSPS) is 17.8. The molecule has 1 fully saturated rings. The molecule has 0 aliphatic heterocycles. The maximum absolute atomic E-state index is 13.3. The molecular weight excluding hydrogens is 217 g/mol. The lowest BCUT2D eigenvalue weighted by molar-refractivity contribution is -0.0695. The molecule has 0 spiro atoms. The predicted molar refractivity (Wildman–Crippen MR) is 66.4 cm³/mol. The highest BCUT2D eigenvalue weighted by molar-refractivity contribution is 5.23. The van der Waals surface area contributed by atoms with Crippen LogP contribution >= 0.6 is 0 Å². The van der Waals surface area contributed by atoms with E-state index in [1.54, 1.807) is 20.1 Å². The number of nitrogens with one attached hydrogen (secondary N) is 1. The second kappa shape index (κ2) is 5.15. The van der Waals surface area contributed by atoms with Gasteiger partial charge < -0.3 is 10.1 Å². The number of ether oxygens (including phenoxy) is 1. The van der Waals surface area contributed by atoms with Crippen LogP contribution in [0.3, 0.4) is 0 Å². The maximum Gasteiger partial charge on any atom is 0.126 e. The summed E-state index contributed by atoms with van der Waals surface area (Å²) in [5.74, 6) is -0.130. The van der Waals surface area contributed by atoms with Gasteiger partial charge in [-0.2, -0.15) is 0 Å². The van der Waals surface area contributed by atoms with Crippen LogP contribution in [0.1, 0.15) is 30.4 Å². The first kappa shape index (κ1) is 12.5. The molecule has 0 atom stereocenters. The van der Waals surface area contributed by atoms with Crippen LogP contribution in [-0.4, -0.2) is 19.3 Å². The molecule has 0 unspecified atom stereocenters. The van der Waals surface area contributed by atoms with Gasteiger partial charge in [0.05, 0.1) is 5.60 Å². The SMILES string of the molecule is COC1(CNCc2ccc(C)c(F)c2)CCC1. The van der Waals surface area contributed by atoms with Crippen LogP contribution in [-0.2, 0) is 11.3 Å². The summed E-state index contributed by atoms with van der Waals surface area (Å²) in [7, 11) is 1.77. The Hall–Kier alpha value is -0.930. The van der Waals surface area contributed by atoms with Gasteiger partial charge in [-0.25, -0.2) is 4.39 Å². The molecule has 1 aromatic rings. The fourth-order valence-electron chi connectivity index (χ4n) is 2.21. The van der Waals surface area contributed by atoms with Gasteiger partial charge in [0, 0.05) is 20.2 Å². The van der Waals surface area contributed by atoms with E-state index in [2.05, 4.69) is 5.32 Å². The van der Waals surface area contributed by atoms with E-state index >= 15 is 0 Å². The summed E-state index contributed by atoms with van der Waals surface area (Å²) in [6, 6.07) is 5.38. The number of hydrogen-bond donors (Lipinski definition) is 1. The Kier molecular flexibility index (Phi) is 3.79. The highest BCUT2D eigenvalue weighted by atomic mass is 19.1. The van der Waals surface area contributed by atoms with Gasteiger partial charge in [0.2, 0.25) is 0 Å². The van der Waals surface area contributed by atoms with Crippen molar-refractivity contribution in [2.24, 2.45) is 0 Å². The van der Waals surface area contributed by atoms with Gasteiger partial charge >= 0.3 is 0 Å². The van der Waals surface area contributed by atoms with Crippen LogP contribution in [0.5, 0.6) is 0 Å². The lowest BCUT2D eigenvalue weighted by Crippen LogP contribution is -2.47. The quantitative estimate of drug-likeness (QED) is 0.850. The first-order valence-electron chi connectivity index (χ1n) is 6.16. The fraction of sp³-hybridized carbons (Fsp3) is 0.571. The molecule has 1 aromatic carbocycles. The van der Waals surface area contributed by atoms with Crippen LogP contribution in [0.4, 0.5) is 4.39 Å². The van der Waals surface area contributed by atoms with Gasteiger partial charge in [-0.3, -0.25) is 0 Å². The number of hydrogen-bond acceptors (Lipinski definition) is 2. The van der Waals surface area contributed by atoms with Crippen molar-refractivity contribution in [1.29, 1.82) is 0 Å². The summed E-state index contributed by atoms with van der Waals surface area (Å²) in [6.45, 7) is 3.32. The zero-order chi connectivity index (χ0) is 12.3. The minimum atomic E-state index is -0.130. The number of methoxy groups -OCH3 is 1. The average Bonchev–Trinajstić information content (AvgIpc) is 2.27. The minimum Gasteiger partial charge on any atom is -0.377 e. The minimum absolute atomic E-state index is 0.0310. The third-order valence-electron chi connectivity index (χ3n) is 3.71. The molecule has 3 heteroatoms. The van der Waals surface area contributed by atoms with Crippen molar-refractivity contribution < 1.29 is 9.13 Å². The molecule has 1 aliphatic rings. The van der Waals surface area contributed by atoms with Crippen LogP contribution in [0.15, 0.2) is 18.2 Å². The molecule has 0 amide bonds. The molecule has 0 radical (unpaired) electrons. The van der Waals surface area contributed by atoms with Crippen LogP contribution in [0, 0.1) is 12.7 Å². The number of aryl methyl sites for hydroxylation is 1. The summed E-state index contributed by atoms with van der Waals surface area (Å²) in [5, 5.41) is 3.35. The van der Waals surface area contributed by atoms with E-state index in [0.717, 1.165) is 24.9 Å². The number of halogens is 1. The van der Waals surface area contributed by atoms with Crippen LogP contribution < -0.4 is 5.32 Å². The van der Waals surface area contributed by atoms with Crippen LogP contribution in [0.2, 0.25) is 0 Å². The molecule has 1 N–H and O–H groups in total. The number of rotatable bonds is 5. The van der Waals surface area contributed by atoms with E-state index in [-0.39, 0.29) is 11.4 Å². The molecule has 94 valence electrons. The second-order valence-corrected chi connectivity index (χ2v) is 4.93. The van der Waals surface area contributed by atoms with Crippen molar-refractivity contribution in [3.8, 4) is 0 Å². The molecule has 0 heterocycles. The van der Waals surface area contributed by atoms with Crippen molar-refractivity contribution in [3.63, 3.8) is 0 Å². The standard InChI is InChI=1S/C14H20FNO/c1-11-4-5-12(8-13(11)15)9-16-10-14(17-2)6-3-7-14/h4-5,8,16H,3,6-7,9-10H2,1-2H3. The van der Waals surface area contributed by atoms with Crippen molar-refractivity contribution in [1.82, 2.24) is 5.32 Å². The molecule has 1 saturated carbocycles. The molecule has 17 heavy (non-hydrogen) atoms. The summed E-state index contributed by atoms with van der Waals surface area (Å²) in [6.07, 6.45) is 3.49. The largest absolute Gasteiger partial charge is 0.377 e. The van der Waals surface area contributed by atoms with Gasteiger partial charge in [-0.05, 0) is 43.4 Å². The summed E-state index contributed by atoms with van der Waals surface area (Å²) in [5.41, 5.74) is 1.71. The Morgan fingerprint density at radius 2 is 2.18 bits per heavy atom. The van der Waals surface area contributed by atoms with E-state index < -0.39 is 0 Å². The molecule has 0 aromatic heterocycles. The zero-order valence-corrected chi connectivity index (χ0v) is 10.6. The van der Waals surface area contributed by atoms with Crippen molar-refractivity contribution in [2.75, 3.05) is 13.7 Å². The Morgan fingerprint density at radius 3 is 2.71 bits per heavy atom. The first-order valence-corrected chi connectivity index (χ1v) is 6.16. The third kappa shape index (κ3) is 2.85. The van der Waals surface area contributed by atoms with E-state index in [9.17, 15) is 4.39 Å². The molecule has 1 aliphatic carbocycles. The monoisotopic (exact) mass is 237 g/mol. The zero-order valence-electron chi connectivity index (χ0n) is 10.6. The Balaban J connectivity index is 1.83. The van der Waals surface area contributed by atoms with Gasteiger partial charge in [0.25, 0.3) is 0 Å². The summed E-state index contributed by atoms with van der Waals surface area (Å²) < 4.78 is 18.8. The Morgan fingerprint density at radius 1 is 1.41 bits per heavy atom. The third-order valence-corrected chi connectivity index (χ3v) is 3.71. The second-order valence-electron chi connectivity index (χ2n) is 4.93. The van der Waals surface area contributed by atoms with Crippen molar-refractivity contribution >= 4 is 0 Å². The summed E-state index contributed by atoms with van der Waals surface area (Å²) in [4.78, 5) is 0. The Labute approximate surface area is 102 Å². The average molecular weight is 237 g/mol. The smallest absolute Gasteiger partial charge is 0.126 e. The van der Waals surface area contributed by atoms with E-state index in [1.165, 1.54) is 6.42 Å². The van der Waals surface area contributed by atoms with Crippen molar-refractivity contribution in [2.45, 2.75) is 38.3 Å². The van der Waals surface area contributed by atoms with Crippen molar-refractivity contribution in [3.05, 3.63) is 35.1 Å². The van der Waals surface area contributed by atoms with Gasteiger partial charge in [0.15, 0.2) is 0 Å². The maximum atomic E-state index is 13.3. The fourth-order valence-corrected chi connectivity index (χ4v) is 2.21. The molecule has 2 nitrogen and oxygen atoms in total. The van der Waals surface area contributed by atoms with E-state index in [1.807, 2.05) is 12.1 Å². The van der Waals surface area contributed by atoms with Gasteiger partial charge in [0.1, 0.15) is 5.82 Å². The first-order chi connectivity index (χ1) is 8.15. The highest BCUT2D eigenvalue weighted by Gasteiger charge is 2.36. The summed E-state index contributed by atoms with van der Waals surface area (Å²) >= 11 is 0. The molecule has 0 bridgehead atoms. The van der Waals surface area contributed by atoms with Crippen LogP contribution in [0.25, 0.3) is 0 Å². The predicted octanol–water partition coefficient (Wildman–Crippen LogP) is 2.79. The molecular formula is C14H20FNO. The van der Waals surface area contributed by atoms with E-state index in [4.69, 9.17) is 4.74 Å². The topological polar surface area (TPSA) is 21.3 Å². The Bertz CT molecular complexity index is 382. The lowest BCUT2D eigenvalue weighted by Gasteiger charge is -2.40. The van der Waals surface area contributed by atoms with E-state index in [0.29, 0.717) is 12.1 Å². The molecule has 2 rings (SSSR count).